The van der Waals surface area contributed by atoms with Crippen molar-refractivity contribution in [3.8, 4) is 0 Å². The van der Waals surface area contributed by atoms with Gasteiger partial charge in [-0.3, -0.25) is 0 Å². The third-order valence-corrected chi connectivity index (χ3v) is 3.94. The summed E-state index contributed by atoms with van der Waals surface area (Å²) in [5.41, 5.74) is 0. The first-order valence-corrected chi connectivity index (χ1v) is 8.09. The summed E-state index contributed by atoms with van der Waals surface area (Å²) in [5, 5.41) is 0. The number of quaternary nitrogens is 1. The van der Waals surface area contributed by atoms with Gasteiger partial charge in [-0.25, -0.2) is 0 Å². The molecular weight excluding hydrogens is 562 g/mol. The molecule has 0 amide bonds. The Morgan fingerprint density at radius 3 is 0.800 bits per heavy atom. The predicted molar refractivity (Wildman–Crippen MR) is 96.6 cm³/mol. The van der Waals surface area contributed by atoms with Crippen molar-refractivity contribution in [3.05, 3.63) is 0 Å². The summed E-state index contributed by atoms with van der Waals surface area (Å²) in [6.07, 6.45) is 11.1. The van der Waals surface area contributed by atoms with Crippen LogP contribution in [0.5, 0.6) is 0 Å². The zero-order valence-electron chi connectivity index (χ0n) is 14.4. The van der Waals surface area contributed by atoms with Gasteiger partial charge in [0, 0.05) is 0 Å². The molecule has 0 radical (unpaired) electrons. The summed E-state index contributed by atoms with van der Waals surface area (Å²) < 4.78 is 1.42. The molecule has 0 rings (SSSR count). The van der Waals surface area contributed by atoms with Crippen molar-refractivity contribution in [2.24, 2.45) is 0 Å². The number of unbranched alkanes of at least 4 members (excludes halogenated alkanes) is 4. The summed E-state index contributed by atoms with van der Waals surface area (Å²) in [5.74, 6) is 0. The van der Waals surface area contributed by atoms with Crippen LogP contribution < -0.4 is 0 Å². The van der Waals surface area contributed by atoms with Crippen LogP contribution in [0, 0.1) is 0 Å². The quantitative estimate of drug-likeness (QED) is 0.237. The molecular formula is C16H36NSn3+13. The fourth-order valence-electron chi connectivity index (χ4n) is 2.64. The van der Waals surface area contributed by atoms with Crippen molar-refractivity contribution in [1.29, 1.82) is 0 Å². The molecule has 0 heterocycles. The number of rotatable bonds is 12. The molecule has 4 heteroatoms. The van der Waals surface area contributed by atoms with Gasteiger partial charge in [0.25, 0.3) is 0 Å². The van der Waals surface area contributed by atoms with Crippen molar-refractivity contribution < 1.29 is 4.48 Å². The minimum absolute atomic E-state index is 0. The normalized spacial score (nSPS) is 10.2. The van der Waals surface area contributed by atoms with Crippen LogP contribution in [-0.2, 0) is 0 Å². The van der Waals surface area contributed by atoms with E-state index < -0.39 is 0 Å². The molecule has 0 aliphatic heterocycles. The average Bonchev–Trinajstić information content (AvgIpc) is 2.37. The molecule has 0 aromatic carbocycles. The maximum absolute atomic E-state index is 2.33. The van der Waals surface area contributed by atoms with Crippen molar-refractivity contribution >= 4 is 71.7 Å². The van der Waals surface area contributed by atoms with Crippen molar-refractivity contribution in [2.45, 2.75) is 79.1 Å². The SMILES string of the molecule is CCCC[N+](CCCC)(CCCC)CCCC.[Sn+4].[Sn+4].[Sn+4]. The first-order valence-electron chi connectivity index (χ1n) is 8.09. The van der Waals surface area contributed by atoms with Gasteiger partial charge in [0.2, 0.25) is 0 Å². The van der Waals surface area contributed by atoms with Crippen LogP contribution in [0.25, 0.3) is 0 Å². The molecule has 0 aliphatic rings. The maximum atomic E-state index is 2.33. The van der Waals surface area contributed by atoms with E-state index in [0.717, 1.165) is 0 Å². The van der Waals surface area contributed by atoms with E-state index in [1.54, 1.807) is 0 Å². The second kappa shape index (κ2) is 21.4. The van der Waals surface area contributed by atoms with Crippen LogP contribution in [0.4, 0.5) is 0 Å². The molecule has 104 valence electrons. The molecule has 0 unspecified atom stereocenters. The van der Waals surface area contributed by atoms with Crippen LogP contribution in [0.15, 0.2) is 0 Å². The van der Waals surface area contributed by atoms with Crippen molar-refractivity contribution in [2.75, 3.05) is 26.2 Å². The molecule has 0 fully saturated rings. The minimum atomic E-state index is 0. The third kappa shape index (κ3) is 15.3. The summed E-state index contributed by atoms with van der Waals surface area (Å²) in [7, 11) is 0. The standard InChI is InChI=1S/C16H36N.3Sn/c1-5-9-13-17(14-10-6-2,15-11-7-3)16-12-8-4;;;/h5-16H2,1-4H3;;;/q+1;3*+4. The van der Waals surface area contributed by atoms with Gasteiger partial charge in [0.15, 0.2) is 0 Å². The smallest absolute Gasteiger partial charge is 0.324 e. The molecule has 0 saturated carbocycles. The van der Waals surface area contributed by atoms with E-state index >= 15 is 0 Å². The molecule has 20 heavy (non-hydrogen) atoms. The first-order chi connectivity index (χ1) is 8.24. The number of hydrogen-bond acceptors (Lipinski definition) is 0. The third-order valence-electron chi connectivity index (χ3n) is 3.94. The second-order valence-corrected chi connectivity index (χ2v) is 5.65. The molecule has 1 nitrogen and oxygen atoms in total. The molecule has 0 atom stereocenters. The van der Waals surface area contributed by atoms with Gasteiger partial charge in [0.05, 0.1) is 26.2 Å². The van der Waals surface area contributed by atoms with Crippen LogP contribution in [0.1, 0.15) is 79.1 Å². The van der Waals surface area contributed by atoms with Crippen molar-refractivity contribution in [3.63, 3.8) is 0 Å². The Morgan fingerprint density at radius 1 is 0.450 bits per heavy atom. The molecule has 0 aromatic rings. The Bertz CT molecular complexity index is 128. The summed E-state index contributed by atoms with van der Waals surface area (Å²) in [6.45, 7) is 15.0. The van der Waals surface area contributed by atoms with E-state index in [2.05, 4.69) is 27.7 Å². The topological polar surface area (TPSA) is 0 Å². The number of nitrogens with zero attached hydrogens (tertiary/aromatic N) is 1. The molecule has 0 bridgehead atoms. The Hall–Kier alpha value is 2.36. The Balaban J connectivity index is -0.000000427. The molecule has 0 N–H and O–H groups in total. The van der Waals surface area contributed by atoms with Gasteiger partial charge in [-0.2, -0.15) is 0 Å². The average molecular weight is 599 g/mol. The van der Waals surface area contributed by atoms with E-state index in [4.69, 9.17) is 0 Å². The van der Waals surface area contributed by atoms with Gasteiger partial charge >= 0.3 is 71.7 Å². The first kappa shape index (κ1) is 30.3. The van der Waals surface area contributed by atoms with E-state index in [1.807, 2.05) is 0 Å². The van der Waals surface area contributed by atoms with Gasteiger partial charge in [-0.15, -0.1) is 0 Å². The summed E-state index contributed by atoms with van der Waals surface area (Å²) in [4.78, 5) is 0. The summed E-state index contributed by atoms with van der Waals surface area (Å²) >= 11 is 0. The molecule has 0 spiro atoms. The number of hydrogen-bond donors (Lipinski definition) is 0. The molecule has 0 saturated heterocycles. The van der Waals surface area contributed by atoms with E-state index in [-0.39, 0.29) is 71.7 Å². The van der Waals surface area contributed by atoms with E-state index in [1.165, 1.54) is 82.0 Å². The predicted octanol–water partition coefficient (Wildman–Crippen LogP) is 3.86. The Morgan fingerprint density at radius 2 is 0.650 bits per heavy atom. The van der Waals surface area contributed by atoms with Crippen LogP contribution >= 0.6 is 0 Å². The van der Waals surface area contributed by atoms with Gasteiger partial charge < -0.3 is 4.48 Å². The molecule has 0 aliphatic carbocycles. The molecule has 0 aromatic heterocycles. The maximum Gasteiger partial charge on any atom is 4.00 e. The second-order valence-electron chi connectivity index (χ2n) is 5.65. The van der Waals surface area contributed by atoms with Crippen LogP contribution in [-0.4, -0.2) is 102 Å². The van der Waals surface area contributed by atoms with Crippen molar-refractivity contribution in [1.82, 2.24) is 0 Å². The van der Waals surface area contributed by atoms with Crippen LogP contribution in [0.3, 0.4) is 0 Å². The van der Waals surface area contributed by atoms with E-state index in [0.29, 0.717) is 0 Å². The zero-order valence-corrected chi connectivity index (χ0v) is 23.0. The Kier molecular flexibility index (Phi) is 32.3. The van der Waals surface area contributed by atoms with Crippen LogP contribution in [0.2, 0.25) is 0 Å². The fraction of sp³-hybridized carbons (Fsp3) is 1.00. The largest absolute Gasteiger partial charge is 4.00 e. The van der Waals surface area contributed by atoms with Gasteiger partial charge in [0.1, 0.15) is 0 Å². The summed E-state index contributed by atoms with van der Waals surface area (Å²) in [6, 6.07) is 0. The van der Waals surface area contributed by atoms with E-state index in [9.17, 15) is 0 Å². The zero-order chi connectivity index (χ0) is 13.0. The fourth-order valence-corrected chi connectivity index (χ4v) is 2.64. The Labute approximate surface area is 179 Å². The monoisotopic (exact) mass is 602 g/mol. The van der Waals surface area contributed by atoms with Gasteiger partial charge in [-0.1, -0.05) is 53.4 Å². The minimum Gasteiger partial charge on any atom is -0.324 e. The van der Waals surface area contributed by atoms with Gasteiger partial charge in [-0.05, 0) is 25.7 Å².